The molecule has 0 spiro atoms. The highest BCUT2D eigenvalue weighted by Gasteiger charge is 2.60. The van der Waals surface area contributed by atoms with E-state index in [1.165, 1.54) is 59.1 Å². The van der Waals surface area contributed by atoms with Crippen LogP contribution in [-0.4, -0.2) is 0 Å². The molecule has 0 radical (unpaired) electrons. The van der Waals surface area contributed by atoms with Gasteiger partial charge in [-0.05, 0) is 87.2 Å². The summed E-state index contributed by atoms with van der Waals surface area (Å²) in [5.74, 6) is 3.51. The predicted octanol–water partition coefficient (Wildman–Crippen LogP) is 9.07. The molecule has 2 saturated carbocycles. The zero-order valence-corrected chi connectivity index (χ0v) is 21.9. The molecule has 2 aromatic rings. The monoisotopic (exact) mass is 460 g/mol. The third-order valence-corrected chi connectivity index (χ3v) is 10.2. The van der Waals surface area contributed by atoms with E-state index < -0.39 is 0 Å². The number of hydrogen-bond donors (Lipinski definition) is 0. The van der Waals surface area contributed by atoms with Gasteiger partial charge in [-0.1, -0.05) is 120 Å². The number of allylic oxidation sites excluding steroid dienone is 8. The first-order valence-corrected chi connectivity index (χ1v) is 13.9. The quantitative estimate of drug-likeness (QED) is 0.427. The van der Waals surface area contributed by atoms with Crippen LogP contribution in [0.5, 0.6) is 0 Å². The van der Waals surface area contributed by atoms with Gasteiger partial charge in [0.25, 0.3) is 0 Å². The minimum Gasteiger partial charge on any atom is -0.0773 e. The molecule has 0 amide bonds. The van der Waals surface area contributed by atoms with Gasteiger partial charge in [-0.25, -0.2) is 0 Å². The number of rotatable bonds is 4. The van der Waals surface area contributed by atoms with Crippen molar-refractivity contribution in [2.45, 2.75) is 58.8 Å². The van der Waals surface area contributed by atoms with Crippen molar-refractivity contribution < 1.29 is 0 Å². The molecule has 0 N–H and O–H groups in total. The van der Waals surface area contributed by atoms with Crippen LogP contribution in [0.25, 0.3) is 0 Å². The molecule has 6 rings (SSSR count). The second-order valence-corrected chi connectivity index (χ2v) is 11.8. The molecule has 2 fully saturated rings. The second-order valence-electron chi connectivity index (χ2n) is 11.8. The molecule has 0 aromatic heterocycles. The fraction of sp³-hybridized carbons (Fsp3) is 0.429. The van der Waals surface area contributed by atoms with E-state index in [2.05, 4.69) is 113 Å². The highest BCUT2D eigenvalue weighted by Crippen LogP contribution is 2.64. The third kappa shape index (κ3) is 3.47. The molecule has 0 heteroatoms. The summed E-state index contributed by atoms with van der Waals surface area (Å²) in [7, 11) is 0. The molecular weight excluding hydrogens is 420 g/mol. The van der Waals surface area contributed by atoms with Gasteiger partial charge < -0.3 is 0 Å². The van der Waals surface area contributed by atoms with Crippen molar-refractivity contribution in [2.75, 3.05) is 0 Å². The summed E-state index contributed by atoms with van der Waals surface area (Å²) in [4.78, 5) is 0. The van der Waals surface area contributed by atoms with Gasteiger partial charge in [0.05, 0.1) is 0 Å². The molecule has 4 aliphatic rings. The second kappa shape index (κ2) is 8.81. The number of hydrogen-bond acceptors (Lipinski definition) is 0. The lowest BCUT2D eigenvalue weighted by atomic mass is 9.53. The Morgan fingerprint density at radius 1 is 0.514 bits per heavy atom. The smallest absolute Gasteiger partial charge is 0.0270 e. The fourth-order valence-corrected chi connectivity index (χ4v) is 8.51. The standard InChI is InChI=1S/C35H40/c1-23-19-30-31-20-24(2)26(4)22-33(31)34(32(30)21-25(23)3)35(29-17-11-12-18-29,27-13-7-5-8-14-27)28-15-9-6-10-16-28/h5-10,13-16,19-22,29-34H,11-12,17-18H2,1-4H3. The Labute approximate surface area is 212 Å². The summed E-state index contributed by atoms with van der Waals surface area (Å²) < 4.78 is 0. The van der Waals surface area contributed by atoms with Gasteiger partial charge in [0.1, 0.15) is 0 Å². The van der Waals surface area contributed by atoms with Gasteiger partial charge in [-0.15, -0.1) is 0 Å². The van der Waals surface area contributed by atoms with E-state index in [9.17, 15) is 0 Å². The summed E-state index contributed by atoms with van der Waals surface area (Å²) in [5.41, 5.74) is 9.03. The molecule has 0 heterocycles. The molecule has 2 aromatic carbocycles. The lowest BCUT2D eigenvalue weighted by molar-refractivity contribution is 0.158. The molecule has 4 aliphatic carbocycles. The van der Waals surface area contributed by atoms with Gasteiger partial charge in [-0.2, -0.15) is 0 Å². The van der Waals surface area contributed by atoms with Gasteiger partial charge in [0.2, 0.25) is 0 Å². The van der Waals surface area contributed by atoms with Crippen LogP contribution < -0.4 is 0 Å². The molecular formula is C35H40. The van der Waals surface area contributed by atoms with Crippen molar-refractivity contribution >= 4 is 0 Å². The van der Waals surface area contributed by atoms with Crippen LogP contribution in [0.3, 0.4) is 0 Å². The van der Waals surface area contributed by atoms with Crippen molar-refractivity contribution in [1.82, 2.24) is 0 Å². The average Bonchev–Trinajstić information content (AvgIpc) is 3.51. The highest BCUT2D eigenvalue weighted by atomic mass is 14.6. The summed E-state index contributed by atoms with van der Waals surface area (Å²) in [6.45, 7) is 9.32. The predicted molar refractivity (Wildman–Crippen MR) is 148 cm³/mol. The highest BCUT2D eigenvalue weighted by molar-refractivity contribution is 5.48. The molecule has 0 bridgehead atoms. The first kappa shape index (κ1) is 22.8. The lowest BCUT2D eigenvalue weighted by Gasteiger charge is -2.50. The summed E-state index contributed by atoms with van der Waals surface area (Å²) >= 11 is 0. The Morgan fingerprint density at radius 3 is 1.29 bits per heavy atom. The van der Waals surface area contributed by atoms with Crippen molar-refractivity contribution in [3.63, 3.8) is 0 Å². The maximum Gasteiger partial charge on any atom is 0.0270 e. The minimum absolute atomic E-state index is 0.0209. The zero-order chi connectivity index (χ0) is 24.2. The molecule has 0 saturated heterocycles. The van der Waals surface area contributed by atoms with E-state index in [1.54, 1.807) is 0 Å². The first-order chi connectivity index (χ1) is 17.0. The maximum absolute atomic E-state index is 2.69. The van der Waals surface area contributed by atoms with E-state index >= 15 is 0 Å². The number of fused-ring (bicyclic) bond motifs is 3. The molecule has 4 unspecified atom stereocenters. The Balaban J connectivity index is 1.66. The topological polar surface area (TPSA) is 0 Å². The van der Waals surface area contributed by atoms with Crippen molar-refractivity contribution in [2.24, 2.45) is 35.5 Å². The summed E-state index contributed by atoms with van der Waals surface area (Å²) in [6, 6.07) is 23.3. The summed E-state index contributed by atoms with van der Waals surface area (Å²) in [5, 5.41) is 0. The Bertz CT molecular complexity index is 1110. The molecule has 4 atom stereocenters. The lowest BCUT2D eigenvalue weighted by Crippen LogP contribution is -2.47. The number of benzene rings is 2. The van der Waals surface area contributed by atoms with Gasteiger partial charge in [0.15, 0.2) is 0 Å². The van der Waals surface area contributed by atoms with Gasteiger partial charge in [-0.3, -0.25) is 0 Å². The van der Waals surface area contributed by atoms with Crippen LogP contribution >= 0.6 is 0 Å². The normalized spacial score (nSPS) is 30.7. The Hall–Kier alpha value is -2.60. The van der Waals surface area contributed by atoms with E-state index in [0.29, 0.717) is 35.5 Å². The van der Waals surface area contributed by atoms with Crippen molar-refractivity contribution in [3.8, 4) is 0 Å². The van der Waals surface area contributed by atoms with Crippen LogP contribution in [0.4, 0.5) is 0 Å². The maximum atomic E-state index is 2.69. The van der Waals surface area contributed by atoms with E-state index in [0.717, 1.165) is 0 Å². The molecule has 180 valence electrons. The van der Waals surface area contributed by atoms with Crippen molar-refractivity contribution in [1.29, 1.82) is 0 Å². The summed E-state index contributed by atoms with van der Waals surface area (Å²) in [6.07, 6.45) is 16.1. The molecule has 35 heavy (non-hydrogen) atoms. The van der Waals surface area contributed by atoms with Crippen LogP contribution in [0, 0.1) is 35.5 Å². The zero-order valence-electron chi connectivity index (χ0n) is 21.9. The minimum atomic E-state index is 0.0209. The Morgan fingerprint density at radius 2 is 0.886 bits per heavy atom. The van der Waals surface area contributed by atoms with Crippen LogP contribution in [0.15, 0.2) is 107 Å². The Kier molecular flexibility index (Phi) is 5.75. The van der Waals surface area contributed by atoms with Crippen LogP contribution in [0.2, 0.25) is 0 Å². The van der Waals surface area contributed by atoms with Crippen LogP contribution in [-0.2, 0) is 5.41 Å². The first-order valence-electron chi connectivity index (χ1n) is 13.9. The van der Waals surface area contributed by atoms with E-state index in [4.69, 9.17) is 0 Å². The fourth-order valence-electron chi connectivity index (χ4n) is 8.51. The average molecular weight is 461 g/mol. The van der Waals surface area contributed by atoms with Crippen molar-refractivity contribution in [3.05, 3.63) is 118 Å². The molecule has 0 aliphatic heterocycles. The van der Waals surface area contributed by atoms with Gasteiger partial charge >= 0.3 is 0 Å². The van der Waals surface area contributed by atoms with E-state index in [1.807, 2.05) is 0 Å². The largest absolute Gasteiger partial charge is 0.0773 e. The molecule has 0 nitrogen and oxygen atoms in total. The van der Waals surface area contributed by atoms with Gasteiger partial charge in [0, 0.05) is 5.41 Å². The van der Waals surface area contributed by atoms with E-state index in [-0.39, 0.29) is 5.41 Å². The third-order valence-electron chi connectivity index (χ3n) is 10.2. The SMILES string of the molecule is CC1=CC2C3C=C(C)C(C)=CC3C(C(c3ccccc3)(c3ccccc3)C3CCCC3)C2C=C1C. The van der Waals surface area contributed by atoms with Crippen LogP contribution in [0.1, 0.15) is 64.5 Å².